The van der Waals surface area contributed by atoms with Crippen molar-refractivity contribution in [2.24, 2.45) is 0 Å². The first-order valence-electron chi connectivity index (χ1n) is 11.3. The van der Waals surface area contributed by atoms with Gasteiger partial charge in [-0.25, -0.2) is 13.5 Å². The third-order valence-corrected chi connectivity index (χ3v) is 6.21. The van der Waals surface area contributed by atoms with Gasteiger partial charge in [-0.15, -0.1) is 0 Å². The third-order valence-electron chi connectivity index (χ3n) is 5.97. The van der Waals surface area contributed by atoms with Gasteiger partial charge in [0.1, 0.15) is 17.4 Å². The van der Waals surface area contributed by atoms with E-state index >= 15 is 0 Å². The van der Waals surface area contributed by atoms with Crippen molar-refractivity contribution in [3.8, 4) is 0 Å². The molecule has 2 aliphatic heterocycles. The molecule has 3 heterocycles. The highest BCUT2D eigenvalue weighted by atomic mass is 32.1. The molecule has 12 heteroatoms. The Bertz CT molecular complexity index is 969. The fourth-order valence-electron chi connectivity index (χ4n) is 4.16. The second-order valence-corrected chi connectivity index (χ2v) is 8.65. The van der Waals surface area contributed by atoms with Crippen LogP contribution in [0.2, 0.25) is 0 Å². The minimum atomic E-state index is -2.62. The molecular weight excluding hydrogens is 464 g/mol. The van der Waals surface area contributed by atoms with Crippen molar-refractivity contribution < 1.29 is 18.3 Å². The van der Waals surface area contributed by atoms with Crippen molar-refractivity contribution in [2.45, 2.75) is 31.4 Å². The maximum absolute atomic E-state index is 13.8. The Morgan fingerprint density at radius 1 is 1.24 bits per heavy atom. The number of carbonyl (C=O) groups is 1. The number of hydrazine groups is 1. The van der Waals surface area contributed by atoms with Crippen LogP contribution in [0.15, 0.2) is 36.5 Å². The van der Waals surface area contributed by atoms with Crippen LogP contribution in [0, 0.1) is 0 Å². The molecule has 2 aliphatic rings. The molecule has 1 aromatic carbocycles. The van der Waals surface area contributed by atoms with Crippen molar-refractivity contribution in [1.82, 2.24) is 30.8 Å². The van der Waals surface area contributed by atoms with E-state index in [-0.39, 0.29) is 29.0 Å². The molecule has 1 saturated heterocycles. The van der Waals surface area contributed by atoms with Gasteiger partial charge in [0.05, 0.1) is 25.5 Å². The van der Waals surface area contributed by atoms with Crippen molar-refractivity contribution in [2.75, 3.05) is 44.7 Å². The van der Waals surface area contributed by atoms with E-state index in [1.165, 1.54) is 10.9 Å². The number of thiocarbonyl (C=S) groups is 1. The first kappa shape index (κ1) is 24.3. The molecule has 0 aliphatic carbocycles. The Balaban J connectivity index is 1.31. The molecule has 0 bridgehead atoms. The summed E-state index contributed by atoms with van der Waals surface area (Å²) >= 11 is 5.22. The van der Waals surface area contributed by atoms with Crippen molar-refractivity contribution in [3.05, 3.63) is 47.7 Å². The summed E-state index contributed by atoms with van der Waals surface area (Å²) in [6.45, 7) is 4.97. The number of aromatic nitrogens is 2. The van der Waals surface area contributed by atoms with Crippen molar-refractivity contribution in [1.29, 1.82) is 0 Å². The number of fused-ring (bicyclic) bond motifs is 1. The van der Waals surface area contributed by atoms with Crippen LogP contribution in [-0.2, 0) is 4.74 Å². The monoisotopic (exact) mass is 493 g/mol. The minimum Gasteiger partial charge on any atom is -0.379 e. The van der Waals surface area contributed by atoms with Crippen LogP contribution < -0.4 is 21.5 Å². The largest absolute Gasteiger partial charge is 0.379 e. The second kappa shape index (κ2) is 11.5. The number of rotatable bonds is 7. The summed E-state index contributed by atoms with van der Waals surface area (Å²) in [5.74, 6) is -0.262. The van der Waals surface area contributed by atoms with Crippen LogP contribution in [-0.4, -0.2) is 71.5 Å². The molecule has 1 amide bonds. The van der Waals surface area contributed by atoms with Crippen molar-refractivity contribution >= 4 is 29.1 Å². The molecule has 34 heavy (non-hydrogen) atoms. The smallest absolute Gasteiger partial charge is 0.275 e. The first-order chi connectivity index (χ1) is 16.5. The molecule has 2 atom stereocenters. The number of hydrogen-bond donors (Lipinski definition) is 4. The van der Waals surface area contributed by atoms with E-state index in [0.717, 1.165) is 44.8 Å². The third kappa shape index (κ3) is 5.99. The molecule has 1 aromatic heterocycles. The lowest BCUT2D eigenvalue weighted by molar-refractivity contribution is 0.0376. The summed E-state index contributed by atoms with van der Waals surface area (Å²) in [4.78, 5) is 15.1. The van der Waals surface area contributed by atoms with E-state index in [1.807, 2.05) is 30.3 Å². The summed E-state index contributed by atoms with van der Waals surface area (Å²) in [7, 11) is 0. The fraction of sp³-hybridized carbons (Fsp3) is 0.500. The maximum Gasteiger partial charge on any atom is 0.275 e. The first-order valence-corrected chi connectivity index (χ1v) is 11.7. The van der Waals surface area contributed by atoms with Gasteiger partial charge in [-0.2, -0.15) is 5.10 Å². The predicted octanol–water partition coefficient (Wildman–Crippen LogP) is 2.08. The number of morpholine rings is 1. The summed E-state index contributed by atoms with van der Waals surface area (Å²) < 4.78 is 34.1. The number of benzene rings is 1. The lowest BCUT2D eigenvalue weighted by Gasteiger charge is -2.32. The quantitative estimate of drug-likeness (QED) is 0.265. The van der Waals surface area contributed by atoms with Gasteiger partial charge in [0.15, 0.2) is 5.11 Å². The Morgan fingerprint density at radius 2 is 2.00 bits per heavy atom. The summed E-state index contributed by atoms with van der Waals surface area (Å²) in [6, 6.07) is 7.82. The highest BCUT2D eigenvalue weighted by molar-refractivity contribution is 7.80. The second-order valence-electron chi connectivity index (χ2n) is 8.24. The number of nitrogens with zero attached hydrogens (tertiary/aromatic N) is 3. The zero-order valence-corrected chi connectivity index (χ0v) is 19.5. The number of anilines is 1. The van der Waals surface area contributed by atoms with Crippen LogP contribution in [0.3, 0.4) is 0 Å². The van der Waals surface area contributed by atoms with Gasteiger partial charge < -0.3 is 15.4 Å². The highest BCUT2D eigenvalue weighted by Crippen LogP contribution is 2.39. The van der Waals surface area contributed by atoms with Crippen molar-refractivity contribution in [3.63, 3.8) is 0 Å². The van der Waals surface area contributed by atoms with E-state index in [9.17, 15) is 13.6 Å². The van der Waals surface area contributed by atoms with Gasteiger partial charge >= 0.3 is 0 Å². The van der Waals surface area contributed by atoms with E-state index in [0.29, 0.717) is 6.54 Å². The molecule has 2 aromatic rings. The van der Waals surface area contributed by atoms with Gasteiger partial charge in [0.2, 0.25) is 0 Å². The van der Waals surface area contributed by atoms with Crippen LogP contribution in [0.5, 0.6) is 0 Å². The number of nitrogens with one attached hydrogen (secondary N) is 4. The fourth-order valence-corrected chi connectivity index (χ4v) is 4.31. The molecule has 1 fully saturated rings. The number of alkyl halides is 2. The van der Waals surface area contributed by atoms with Gasteiger partial charge in [-0.3, -0.25) is 20.5 Å². The predicted molar refractivity (Wildman–Crippen MR) is 128 cm³/mol. The number of amides is 1. The average molecular weight is 494 g/mol. The molecule has 0 radical (unpaired) electrons. The Hall–Kier alpha value is -2.83. The number of halogens is 2. The van der Waals surface area contributed by atoms with Crippen LogP contribution in [0.25, 0.3) is 0 Å². The topological polar surface area (TPSA) is 95.5 Å². The summed E-state index contributed by atoms with van der Waals surface area (Å²) in [6.07, 6.45) is -0.267. The van der Waals surface area contributed by atoms with E-state index < -0.39 is 18.4 Å². The number of hydrogen-bond acceptors (Lipinski definition) is 6. The molecule has 0 saturated carbocycles. The van der Waals surface area contributed by atoms with Crippen LogP contribution in [0.1, 0.15) is 40.8 Å². The molecule has 0 unspecified atom stereocenters. The van der Waals surface area contributed by atoms with Crippen LogP contribution in [0.4, 0.5) is 14.6 Å². The maximum atomic E-state index is 13.8. The average Bonchev–Trinajstić information content (AvgIpc) is 3.30. The Kier molecular flexibility index (Phi) is 8.25. The molecule has 4 rings (SSSR count). The van der Waals surface area contributed by atoms with E-state index in [2.05, 4.69) is 31.5 Å². The standard InChI is InChI=1S/C22H29F2N7O2S/c23-19(24)18-13-17(15-5-2-1-3-6-15)27-20-16(14-26-31(18)20)21(32)28-29-22(34)25-7-4-8-30-9-11-33-12-10-30/h1-3,5-6,14,17-19,27H,4,7-13H2,(H,28,32)(H2,25,29,34)/t17-,18-/m1/s1. The van der Waals surface area contributed by atoms with E-state index in [1.54, 1.807) is 0 Å². The summed E-state index contributed by atoms with van der Waals surface area (Å²) in [5, 5.41) is 10.6. The van der Waals surface area contributed by atoms with E-state index in [4.69, 9.17) is 17.0 Å². The van der Waals surface area contributed by atoms with Gasteiger partial charge in [0.25, 0.3) is 12.3 Å². The molecule has 9 nitrogen and oxygen atoms in total. The lowest BCUT2D eigenvalue weighted by atomic mass is 9.97. The number of ether oxygens (including phenoxy) is 1. The SMILES string of the molecule is O=C(NNC(=S)NCCCN1CCOCC1)c1cnn2c1N[C@@H](c1ccccc1)C[C@@H]2C(F)F. The van der Waals surface area contributed by atoms with Gasteiger partial charge in [-0.1, -0.05) is 30.3 Å². The summed E-state index contributed by atoms with van der Waals surface area (Å²) in [5.41, 5.74) is 6.22. The Labute approximate surface area is 202 Å². The number of carbonyl (C=O) groups excluding carboxylic acids is 1. The molecule has 4 N–H and O–H groups in total. The molecular formula is C22H29F2N7O2S. The highest BCUT2D eigenvalue weighted by Gasteiger charge is 2.36. The zero-order valence-electron chi connectivity index (χ0n) is 18.7. The van der Waals surface area contributed by atoms with Crippen LogP contribution >= 0.6 is 12.2 Å². The molecule has 0 spiro atoms. The normalized spacial score (nSPS) is 20.3. The molecule has 184 valence electrons. The Morgan fingerprint density at radius 3 is 2.74 bits per heavy atom. The van der Waals surface area contributed by atoms with Gasteiger partial charge in [0, 0.05) is 19.6 Å². The lowest BCUT2D eigenvalue weighted by Crippen LogP contribution is -2.47. The zero-order chi connectivity index (χ0) is 23.9. The van der Waals surface area contributed by atoms with Gasteiger partial charge in [-0.05, 0) is 37.2 Å². The minimum absolute atomic E-state index is 0.161.